The second-order valence-corrected chi connectivity index (χ2v) is 8.87. The summed E-state index contributed by atoms with van der Waals surface area (Å²) in [5.74, 6) is -0.115. The number of hydrogen-bond acceptors (Lipinski definition) is 7. The Kier molecular flexibility index (Phi) is 13.1. The minimum absolute atomic E-state index is 0.274. The van der Waals surface area contributed by atoms with Crippen LogP contribution in [0.15, 0.2) is 48.5 Å². The number of hydrogen-bond donors (Lipinski definition) is 0. The van der Waals surface area contributed by atoms with Crippen molar-refractivity contribution in [1.82, 2.24) is 0 Å². The standard InChI is InChI=1S/C29H38O7/c1-4-6-7-8-9-10-11-20-33-29(32)36-26-18-14-24(15-19-26)28(31)35-25-16-12-23(13-17-25)27(30)34-21-22(3)5-2/h12-19,22H,4-11,20-21H2,1-3H3/t22-/m0/s1. The van der Waals surface area contributed by atoms with Gasteiger partial charge in [0, 0.05) is 0 Å². The van der Waals surface area contributed by atoms with Crippen LogP contribution >= 0.6 is 0 Å². The third-order valence-corrected chi connectivity index (χ3v) is 5.76. The van der Waals surface area contributed by atoms with Crippen molar-refractivity contribution in [2.75, 3.05) is 13.2 Å². The molecule has 7 heteroatoms. The first-order valence-electron chi connectivity index (χ1n) is 12.9. The molecule has 2 rings (SSSR count). The first-order valence-corrected chi connectivity index (χ1v) is 12.9. The fraction of sp³-hybridized carbons (Fsp3) is 0.483. The quantitative estimate of drug-likeness (QED) is 0.110. The smallest absolute Gasteiger partial charge is 0.462 e. The monoisotopic (exact) mass is 498 g/mol. The van der Waals surface area contributed by atoms with Gasteiger partial charge in [0.1, 0.15) is 11.5 Å². The van der Waals surface area contributed by atoms with Crippen LogP contribution < -0.4 is 9.47 Å². The van der Waals surface area contributed by atoms with Crippen LogP contribution in [-0.4, -0.2) is 31.3 Å². The molecular weight excluding hydrogens is 460 g/mol. The minimum Gasteiger partial charge on any atom is -0.462 e. The molecule has 7 nitrogen and oxygen atoms in total. The molecule has 0 spiro atoms. The van der Waals surface area contributed by atoms with Gasteiger partial charge in [-0.25, -0.2) is 14.4 Å². The molecule has 0 aliphatic rings. The maximum Gasteiger partial charge on any atom is 0.513 e. The highest BCUT2D eigenvalue weighted by molar-refractivity contribution is 5.92. The van der Waals surface area contributed by atoms with Gasteiger partial charge in [-0.05, 0) is 60.9 Å². The van der Waals surface area contributed by atoms with Crippen molar-refractivity contribution in [3.05, 3.63) is 59.7 Å². The summed E-state index contributed by atoms with van der Waals surface area (Å²) in [5.41, 5.74) is 0.675. The van der Waals surface area contributed by atoms with E-state index in [1.165, 1.54) is 62.1 Å². The molecule has 196 valence electrons. The van der Waals surface area contributed by atoms with Crippen LogP contribution in [0.25, 0.3) is 0 Å². The van der Waals surface area contributed by atoms with E-state index in [0.29, 0.717) is 30.4 Å². The number of unbranched alkanes of at least 4 members (excludes halogenated alkanes) is 6. The Bertz CT molecular complexity index is 935. The number of ether oxygens (including phenoxy) is 4. The van der Waals surface area contributed by atoms with Crippen LogP contribution in [-0.2, 0) is 9.47 Å². The zero-order valence-corrected chi connectivity index (χ0v) is 21.6. The largest absolute Gasteiger partial charge is 0.513 e. The summed E-state index contributed by atoms with van der Waals surface area (Å²) in [4.78, 5) is 36.3. The zero-order chi connectivity index (χ0) is 26.2. The number of benzene rings is 2. The van der Waals surface area contributed by atoms with E-state index >= 15 is 0 Å². The summed E-state index contributed by atoms with van der Waals surface area (Å²) >= 11 is 0. The fourth-order valence-corrected chi connectivity index (χ4v) is 3.24. The van der Waals surface area contributed by atoms with Crippen molar-refractivity contribution >= 4 is 18.1 Å². The van der Waals surface area contributed by atoms with Crippen LogP contribution in [0.2, 0.25) is 0 Å². The molecule has 2 aromatic carbocycles. The molecule has 0 aliphatic carbocycles. The number of rotatable bonds is 15. The van der Waals surface area contributed by atoms with Crippen molar-refractivity contribution < 1.29 is 33.3 Å². The predicted octanol–water partition coefficient (Wildman–Crippen LogP) is 7.37. The third kappa shape index (κ3) is 10.9. The molecule has 0 saturated heterocycles. The lowest BCUT2D eigenvalue weighted by Gasteiger charge is -2.10. The van der Waals surface area contributed by atoms with Gasteiger partial charge in [-0.3, -0.25) is 0 Å². The Morgan fingerprint density at radius 3 is 1.78 bits per heavy atom. The molecular formula is C29H38O7. The Morgan fingerprint density at radius 1 is 0.667 bits per heavy atom. The lowest BCUT2D eigenvalue weighted by atomic mass is 10.1. The normalized spacial score (nSPS) is 11.4. The maximum absolute atomic E-state index is 12.4. The van der Waals surface area contributed by atoms with Gasteiger partial charge in [-0.15, -0.1) is 0 Å². The van der Waals surface area contributed by atoms with Gasteiger partial charge in [0.25, 0.3) is 0 Å². The summed E-state index contributed by atoms with van der Waals surface area (Å²) in [5, 5.41) is 0. The molecule has 0 amide bonds. The summed E-state index contributed by atoms with van der Waals surface area (Å²) in [6.07, 6.45) is 8.11. The van der Waals surface area contributed by atoms with E-state index in [1.807, 2.05) is 13.8 Å². The van der Waals surface area contributed by atoms with Gasteiger partial charge in [0.15, 0.2) is 0 Å². The van der Waals surface area contributed by atoms with Crippen LogP contribution in [0.4, 0.5) is 4.79 Å². The van der Waals surface area contributed by atoms with Gasteiger partial charge in [-0.1, -0.05) is 65.7 Å². The molecule has 1 atom stereocenters. The van der Waals surface area contributed by atoms with Crippen LogP contribution in [0.5, 0.6) is 11.5 Å². The zero-order valence-electron chi connectivity index (χ0n) is 21.6. The molecule has 0 radical (unpaired) electrons. The molecule has 0 fully saturated rings. The molecule has 0 heterocycles. The topological polar surface area (TPSA) is 88.1 Å². The van der Waals surface area contributed by atoms with Crippen LogP contribution in [0.1, 0.15) is 92.9 Å². The van der Waals surface area contributed by atoms with E-state index in [0.717, 1.165) is 25.7 Å². The minimum atomic E-state index is -0.765. The highest BCUT2D eigenvalue weighted by Gasteiger charge is 2.13. The predicted molar refractivity (Wildman–Crippen MR) is 138 cm³/mol. The summed E-state index contributed by atoms with van der Waals surface area (Å²) in [6.45, 7) is 6.93. The molecule has 2 aromatic rings. The second kappa shape index (κ2) is 16.3. The first-order chi connectivity index (χ1) is 17.4. The van der Waals surface area contributed by atoms with Crippen LogP contribution in [0, 0.1) is 5.92 Å². The van der Waals surface area contributed by atoms with E-state index in [1.54, 1.807) is 12.1 Å². The maximum atomic E-state index is 12.4. The molecule has 0 unspecified atom stereocenters. The Labute approximate surface area is 214 Å². The molecule has 0 aromatic heterocycles. The van der Waals surface area contributed by atoms with Gasteiger partial charge in [0.2, 0.25) is 0 Å². The van der Waals surface area contributed by atoms with E-state index in [9.17, 15) is 14.4 Å². The highest BCUT2D eigenvalue weighted by Crippen LogP contribution is 2.18. The fourth-order valence-electron chi connectivity index (χ4n) is 3.24. The highest BCUT2D eigenvalue weighted by atomic mass is 16.7. The lowest BCUT2D eigenvalue weighted by Crippen LogP contribution is -2.12. The van der Waals surface area contributed by atoms with E-state index < -0.39 is 18.1 Å². The summed E-state index contributed by atoms with van der Waals surface area (Å²) in [6, 6.07) is 12.2. The third-order valence-electron chi connectivity index (χ3n) is 5.76. The SMILES string of the molecule is CCCCCCCCCOC(=O)Oc1ccc(C(=O)Oc2ccc(C(=O)OC[C@@H](C)CC)cc2)cc1. The van der Waals surface area contributed by atoms with Crippen LogP contribution in [0.3, 0.4) is 0 Å². The average molecular weight is 499 g/mol. The Morgan fingerprint density at radius 2 is 1.19 bits per heavy atom. The average Bonchev–Trinajstić information content (AvgIpc) is 2.89. The van der Waals surface area contributed by atoms with E-state index in [4.69, 9.17) is 18.9 Å². The van der Waals surface area contributed by atoms with Gasteiger partial charge in [-0.2, -0.15) is 0 Å². The van der Waals surface area contributed by atoms with Gasteiger partial charge >= 0.3 is 18.1 Å². The van der Waals surface area contributed by atoms with Crippen molar-refractivity contribution in [2.45, 2.75) is 72.1 Å². The Balaban J connectivity index is 1.73. The molecule has 0 N–H and O–H groups in total. The number of carbonyl (C=O) groups is 3. The van der Waals surface area contributed by atoms with Crippen molar-refractivity contribution in [1.29, 1.82) is 0 Å². The number of carbonyl (C=O) groups excluding carboxylic acids is 3. The van der Waals surface area contributed by atoms with E-state index in [2.05, 4.69) is 6.92 Å². The Hall–Kier alpha value is -3.35. The first kappa shape index (κ1) is 28.9. The van der Waals surface area contributed by atoms with E-state index in [-0.39, 0.29) is 11.3 Å². The van der Waals surface area contributed by atoms with Crippen molar-refractivity contribution in [2.24, 2.45) is 5.92 Å². The molecule has 0 bridgehead atoms. The van der Waals surface area contributed by atoms with Gasteiger partial charge in [0.05, 0.1) is 24.3 Å². The summed E-state index contributed by atoms with van der Waals surface area (Å²) < 4.78 is 20.9. The van der Waals surface area contributed by atoms with Gasteiger partial charge < -0.3 is 18.9 Å². The van der Waals surface area contributed by atoms with Crippen molar-refractivity contribution in [3.8, 4) is 11.5 Å². The number of esters is 2. The lowest BCUT2D eigenvalue weighted by molar-refractivity contribution is 0.0447. The molecule has 0 saturated carbocycles. The second-order valence-electron chi connectivity index (χ2n) is 8.87. The summed E-state index contributed by atoms with van der Waals surface area (Å²) in [7, 11) is 0. The molecule has 0 aliphatic heterocycles. The van der Waals surface area contributed by atoms with Crippen molar-refractivity contribution in [3.63, 3.8) is 0 Å². The molecule has 36 heavy (non-hydrogen) atoms.